The summed E-state index contributed by atoms with van der Waals surface area (Å²) in [5, 5.41) is 3.96. The normalized spacial score (nSPS) is 12.8. The molecule has 0 amide bonds. The van der Waals surface area contributed by atoms with Gasteiger partial charge in [-0.2, -0.15) is 11.8 Å². The van der Waals surface area contributed by atoms with Gasteiger partial charge in [0.15, 0.2) is 0 Å². The Kier molecular flexibility index (Phi) is 6.17. The summed E-state index contributed by atoms with van der Waals surface area (Å²) in [4.78, 5) is 0. The first kappa shape index (κ1) is 13.8. The Morgan fingerprint density at radius 2 is 2.19 bits per heavy atom. The highest BCUT2D eigenvalue weighted by Gasteiger charge is 2.14. The first-order valence-electron chi connectivity index (χ1n) is 5.45. The van der Waals surface area contributed by atoms with Crippen LogP contribution in [-0.4, -0.2) is 18.1 Å². The maximum Gasteiger partial charge on any atom is 0.123 e. The van der Waals surface area contributed by atoms with E-state index < -0.39 is 0 Å². The smallest absolute Gasteiger partial charge is 0.123 e. The number of halogens is 2. The molecular formula is C12H17ClFNS. The van der Waals surface area contributed by atoms with E-state index in [1.54, 1.807) is 6.07 Å². The van der Waals surface area contributed by atoms with E-state index in [1.165, 1.54) is 12.1 Å². The molecule has 0 aromatic heterocycles. The lowest BCUT2D eigenvalue weighted by atomic mass is 10.1. The number of thioether (sulfide) groups is 1. The second-order valence-corrected chi connectivity index (χ2v) is 5.16. The summed E-state index contributed by atoms with van der Waals surface area (Å²) in [7, 11) is 0. The summed E-state index contributed by atoms with van der Waals surface area (Å²) in [5.74, 6) is 1.73. The standard InChI is InChI=1S/C12H17ClFNS/c1-3-15-12(8-16-4-2)10-7-9(14)5-6-11(10)13/h5-7,12,15H,3-4,8H2,1-2H3. The van der Waals surface area contributed by atoms with E-state index >= 15 is 0 Å². The fourth-order valence-corrected chi connectivity index (χ4v) is 2.54. The summed E-state index contributed by atoms with van der Waals surface area (Å²) < 4.78 is 13.2. The molecule has 0 radical (unpaired) electrons. The van der Waals surface area contributed by atoms with Crippen molar-refractivity contribution in [3.63, 3.8) is 0 Å². The SMILES string of the molecule is CCNC(CSCC)c1cc(F)ccc1Cl. The maximum atomic E-state index is 13.2. The molecule has 16 heavy (non-hydrogen) atoms. The fraction of sp³-hybridized carbons (Fsp3) is 0.500. The van der Waals surface area contributed by atoms with Gasteiger partial charge in [-0.3, -0.25) is 0 Å². The molecule has 0 heterocycles. The Hall–Kier alpha value is -0.250. The molecule has 1 aromatic carbocycles. The van der Waals surface area contributed by atoms with Gasteiger partial charge in [0, 0.05) is 16.8 Å². The van der Waals surface area contributed by atoms with Crippen molar-refractivity contribution in [3.05, 3.63) is 34.6 Å². The van der Waals surface area contributed by atoms with Crippen molar-refractivity contribution in [2.75, 3.05) is 18.1 Å². The summed E-state index contributed by atoms with van der Waals surface area (Å²) in [6, 6.07) is 4.65. The van der Waals surface area contributed by atoms with Crippen LogP contribution < -0.4 is 5.32 Å². The second-order valence-electron chi connectivity index (χ2n) is 3.44. The number of rotatable bonds is 6. The van der Waals surface area contributed by atoms with E-state index in [9.17, 15) is 4.39 Å². The molecule has 0 fully saturated rings. The monoisotopic (exact) mass is 261 g/mol. The number of nitrogens with one attached hydrogen (secondary N) is 1. The van der Waals surface area contributed by atoms with Crippen molar-refractivity contribution in [3.8, 4) is 0 Å². The summed E-state index contributed by atoms with van der Waals surface area (Å²) in [6.07, 6.45) is 0. The summed E-state index contributed by atoms with van der Waals surface area (Å²) in [6.45, 7) is 5.00. The van der Waals surface area contributed by atoms with Crippen LogP contribution in [0.1, 0.15) is 25.5 Å². The lowest BCUT2D eigenvalue weighted by Crippen LogP contribution is -2.23. The van der Waals surface area contributed by atoms with Gasteiger partial charge in [0.05, 0.1) is 0 Å². The van der Waals surface area contributed by atoms with Crippen molar-refractivity contribution in [2.45, 2.75) is 19.9 Å². The van der Waals surface area contributed by atoms with E-state index in [1.807, 2.05) is 18.7 Å². The molecule has 0 bridgehead atoms. The molecule has 0 aliphatic rings. The molecule has 1 rings (SSSR count). The molecule has 1 atom stereocenters. The van der Waals surface area contributed by atoms with Crippen LogP contribution in [0, 0.1) is 5.82 Å². The van der Waals surface area contributed by atoms with Crippen molar-refractivity contribution in [1.29, 1.82) is 0 Å². The highest BCUT2D eigenvalue weighted by molar-refractivity contribution is 7.99. The molecule has 0 aliphatic heterocycles. The molecule has 1 N–H and O–H groups in total. The van der Waals surface area contributed by atoms with Crippen molar-refractivity contribution < 1.29 is 4.39 Å². The van der Waals surface area contributed by atoms with Crippen LogP contribution in [0.4, 0.5) is 4.39 Å². The van der Waals surface area contributed by atoms with Gasteiger partial charge in [0.2, 0.25) is 0 Å². The van der Waals surface area contributed by atoms with Crippen LogP contribution in [0.5, 0.6) is 0 Å². The molecular weight excluding hydrogens is 245 g/mol. The first-order valence-corrected chi connectivity index (χ1v) is 6.98. The zero-order valence-electron chi connectivity index (χ0n) is 9.59. The second kappa shape index (κ2) is 7.15. The van der Waals surface area contributed by atoms with Gasteiger partial charge in [-0.25, -0.2) is 4.39 Å². The highest BCUT2D eigenvalue weighted by Crippen LogP contribution is 2.26. The van der Waals surface area contributed by atoms with E-state index in [2.05, 4.69) is 12.2 Å². The molecule has 1 unspecified atom stereocenters. The van der Waals surface area contributed by atoms with Crippen LogP contribution in [-0.2, 0) is 0 Å². The molecule has 0 aliphatic carbocycles. The topological polar surface area (TPSA) is 12.0 Å². The van der Waals surface area contributed by atoms with Gasteiger partial charge in [-0.15, -0.1) is 0 Å². The quantitative estimate of drug-likeness (QED) is 0.834. The number of benzene rings is 1. The van der Waals surface area contributed by atoms with Gasteiger partial charge in [0.1, 0.15) is 5.82 Å². The predicted molar refractivity (Wildman–Crippen MR) is 70.8 cm³/mol. The van der Waals surface area contributed by atoms with Crippen molar-refractivity contribution in [1.82, 2.24) is 5.32 Å². The van der Waals surface area contributed by atoms with Gasteiger partial charge < -0.3 is 5.32 Å². The van der Waals surface area contributed by atoms with Gasteiger partial charge in [-0.1, -0.05) is 25.4 Å². The average molecular weight is 262 g/mol. The molecule has 4 heteroatoms. The molecule has 0 saturated heterocycles. The minimum Gasteiger partial charge on any atom is -0.309 e. The lowest BCUT2D eigenvalue weighted by molar-refractivity contribution is 0.589. The largest absolute Gasteiger partial charge is 0.309 e. The van der Waals surface area contributed by atoms with Crippen LogP contribution in [0.25, 0.3) is 0 Å². The van der Waals surface area contributed by atoms with Crippen LogP contribution >= 0.6 is 23.4 Å². The Morgan fingerprint density at radius 3 is 2.81 bits per heavy atom. The Labute approximate surface area is 106 Å². The molecule has 0 spiro atoms. The minimum absolute atomic E-state index is 0.123. The van der Waals surface area contributed by atoms with E-state index in [0.717, 1.165) is 23.6 Å². The van der Waals surface area contributed by atoms with Gasteiger partial charge >= 0.3 is 0 Å². The maximum absolute atomic E-state index is 13.2. The molecule has 90 valence electrons. The summed E-state index contributed by atoms with van der Waals surface area (Å²) >= 11 is 7.91. The van der Waals surface area contributed by atoms with Crippen LogP contribution in [0.15, 0.2) is 18.2 Å². The van der Waals surface area contributed by atoms with E-state index in [-0.39, 0.29) is 11.9 Å². The highest BCUT2D eigenvalue weighted by atomic mass is 35.5. The third kappa shape index (κ3) is 3.96. The van der Waals surface area contributed by atoms with Crippen LogP contribution in [0.2, 0.25) is 5.02 Å². The average Bonchev–Trinajstić information content (AvgIpc) is 2.28. The Balaban J connectivity index is 2.85. The minimum atomic E-state index is -0.233. The third-order valence-corrected chi connectivity index (χ3v) is 3.59. The van der Waals surface area contributed by atoms with Crippen molar-refractivity contribution in [2.24, 2.45) is 0 Å². The molecule has 0 saturated carbocycles. The molecule has 1 nitrogen and oxygen atoms in total. The van der Waals surface area contributed by atoms with E-state index in [4.69, 9.17) is 11.6 Å². The Morgan fingerprint density at radius 1 is 1.44 bits per heavy atom. The number of hydrogen-bond donors (Lipinski definition) is 1. The zero-order chi connectivity index (χ0) is 12.0. The van der Waals surface area contributed by atoms with Crippen LogP contribution in [0.3, 0.4) is 0 Å². The predicted octanol–water partition coefficient (Wildman–Crippen LogP) is 3.88. The first-order chi connectivity index (χ1) is 7.69. The van der Waals surface area contributed by atoms with Gasteiger partial charge in [-0.05, 0) is 36.1 Å². The Bertz CT molecular complexity index is 333. The summed E-state index contributed by atoms with van der Waals surface area (Å²) in [5.41, 5.74) is 0.851. The van der Waals surface area contributed by atoms with Crippen molar-refractivity contribution >= 4 is 23.4 Å². The third-order valence-electron chi connectivity index (χ3n) is 2.27. The fourth-order valence-electron chi connectivity index (χ4n) is 1.52. The van der Waals surface area contributed by atoms with E-state index in [0.29, 0.717) is 5.02 Å². The lowest BCUT2D eigenvalue weighted by Gasteiger charge is -2.19. The zero-order valence-corrected chi connectivity index (χ0v) is 11.2. The number of hydrogen-bond acceptors (Lipinski definition) is 2. The molecule has 1 aromatic rings. The van der Waals surface area contributed by atoms with Gasteiger partial charge in [0.25, 0.3) is 0 Å².